The summed E-state index contributed by atoms with van der Waals surface area (Å²) in [7, 11) is 0. The van der Waals surface area contributed by atoms with Crippen LogP contribution in [0.1, 0.15) is 45.1 Å². The van der Waals surface area contributed by atoms with Crippen molar-refractivity contribution in [1.29, 1.82) is 0 Å². The quantitative estimate of drug-likeness (QED) is 0.668. The zero-order chi connectivity index (χ0) is 20.8. The predicted octanol–water partition coefficient (Wildman–Crippen LogP) is 4.13. The van der Waals surface area contributed by atoms with Crippen molar-refractivity contribution in [3.05, 3.63) is 35.7 Å². The van der Waals surface area contributed by atoms with Crippen molar-refractivity contribution in [2.75, 3.05) is 32.8 Å². The molecule has 1 aromatic carbocycles. The number of aryl methyl sites for hydroxylation is 1. The first kappa shape index (κ1) is 21.4. The second-order valence-electron chi connectivity index (χ2n) is 7.54. The molecule has 2 heterocycles. The summed E-state index contributed by atoms with van der Waals surface area (Å²) in [6, 6.07) is 7.83. The van der Waals surface area contributed by atoms with Crippen molar-refractivity contribution in [2.45, 2.75) is 47.1 Å². The highest BCUT2D eigenvalue weighted by Crippen LogP contribution is 2.26. The normalized spacial score (nSPS) is 15.4. The molecular formula is C23H33N3O3. The van der Waals surface area contributed by atoms with Gasteiger partial charge < -0.3 is 14.1 Å². The molecule has 1 saturated heterocycles. The number of benzene rings is 1. The number of ether oxygens (including phenoxy) is 1. The van der Waals surface area contributed by atoms with E-state index in [1.807, 2.05) is 56.9 Å². The van der Waals surface area contributed by atoms with Crippen LogP contribution in [0.5, 0.6) is 5.75 Å². The summed E-state index contributed by atoms with van der Waals surface area (Å²) in [6.45, 7) is 12.9. The van der Waals surface area contributed by atoms with Gasteiger partial charge >= 0.3 is 0 Å². The molecule has 6 heteroatoms. The summed E-state index contributed by atoms with van der Waals surface area (Å²) in [5.74, 6) is 2.82. The lowest BCUT2D eigenvalue weighted by Crippen LogP contribution is -2.42. The summed E-state index contributed by atoms with van der Waals surface area (Å²) in [5, 5.41) is 0. The molecule has 0 spiro atoms. The van der Waals surface area contributed by atoms with E-state index in [4.69, 9.17) is 14.1 Å². The highest BCUT2D eigenvalue weighted by atomic mass is 16.5. The highest BCUT2D eigenvalue weighted by molar-refractivity contribution is 5.78. The maximum absolute atomic E-state index is 12.6. The lowest BCUT2D eigenvalue weighted by molar-refractivity contribution is -0.136. The summed E-state index contributed by atoms with van der Waals surface area (Å²) in [4.78, 5) is 21.6. The summed E-state index contributed by atoms with van der Waals surface area (Å²) in [6.07, 6.45) is 1.83. The topological polar surface area (TPSA) is 58.8 Å². The van der Waals surface area contributed by atoms with E-state index < -0.39 is 0 Å². The van der Waals surface area contributed by atoms with Crippen molar-refractivity contribution < 1.29 is 13.9 Å². The maximum Gasteiger partial charge on any atom is 0.226 e. The first-order chi connectivity index (χ1) is 14.0. The van der Waals surface area contributed by atoms with Crippen molar-refractivity contribution in [3.8, 4) is 17.2 Å². The molecule has 1 aromatic heterocycles. The number of carbonyl (C=O) groups is 1. The van der Waals surface area contributed by atoms with Crippen molar-refractivity contribution in [3.63, 3.8) is 0 Å². The fourth-order valence-corrected chi connectivity index (χ4v) is 3.90. The average Bonchev–Trinajstić information content (AvgIpc) is 3.10. The van der Waals surface area contributed by atoms with E-state index >= 15 is 0 Å². The molecule has 0 atom stereocenters. The van der Waals surface area contributed by atoms with Crippen molar-refractivity contribution in [1.82, 2.24) is 14.8 Å². The Morgan fingerprint density at radius 1 is 1.17 bits per heavy atom. The average molecular weight is 400 g/mol. The predicted molar refractivity (Wildman–Crippen MR) is 114 cm³/mol. The van der Waals surface area contributed by atoms with Crippen LogP contribution in [0.4, 0.5) is 0 Å². The molecule has 1 aliphatic rings. The number of piperidine rings is 1. The van der Waals surface area contributed by atoms with Crippen LogP contribution in [0.2, 0.25) is 0 Å². The van der Waals surface area contributed by atoms with E-state index in [1.165, 1.54) is 0 Å². The Morgan fingerprint density at radius 3 is 2.41 bits per heavy atom. The number of likely N-dealkylation sites (tertiary alicyclic amines) is 1. The number of rotatable bonds is 8. The zero-order valence-corrected chi connectivity index (χ0v) is 18.1. The smallest absolute Gasteiger partial charge is 0.226 e. The summed E-state index contributed by atoms with van der Waals surface area (Å²) >= 11 is 0. The first-order valence-electron chi connectivity index (χ1n) is 10.8. The molecule has 0 saturated carbocycles. The molecule has 0 N–H and O–H groups in total. The van der Waals surface area contributed by atoms with E-state index in [0.29, 0.717) is 18.4 Å². The first-order valence-corrected chi connectivity index (χ1v) is 10.8. The van der Waals surface area contributed by atoms with Crippen molar-refractivity contribution >= 4 is 5.91 Å². The Balaban J connectivity index is 1.58. The van der Waals surface area contributed by atoms with Gasteiger partial charge in [-0.05, 0) is 77.9 Å². The van der Waals surface area contributed by atoms with Crippen LogP contribution in [0.25, 0.3) is 11.5 Å². The van der Waals surface area contributed by atoms with E-state index in [0.717, 1.165) is 68.3 Å². The molecule has 0 aliphatic carbocycles. The Hall–Kier alpha value is -2.34. The van der Waals surface area contributed by atoms with Crippen LogP contribution >= 0.6 is 0 Å². The number of hydrogen-bond donors (Lipinski definition) is 0. The Kier molecular flexibility index (Phi) is 7.31. The zero-order valence-electron chi connectivity index (χ0n) is 18.1. The number of amides is 1. The van der Waals surface area contributed by atoms with E-state index in [2.05, 4.69) is 4.90 Å². The van der Waals surface area contributed by atoms with Gasteiger partial charge in [0, 0.05) is 31.1 Å². The third-order valence-corrected chi connectivity index (χ3v) is 5.69. The molecule has 6 nitrogen and oxygen atoms in total. The highest BCUT2D eigenvalue weighted by Gasteiger charge is 2.28. The van der Waals surface area contributed by atoms with Gasteiger partial charge in [0.05, 0.1) is 12.3 Å². The molecule has 158 valence electrons. The molecule has 0 unspecified atom stereocenters. The van der Waals surface area contributed by atoms with Crippen LogP contribution in [0.3, 0.4) is 0 Å². The van der Waals surface area contributed by atoms with E-state index in [9.17, 15) is 4.79 Å². The summed E-state index contributed by atoms with van der Waals surface area (Å²) in [5.41, 5.74) is 1.92. The summed E-state index contributed by atoms with van der Waals surface area (Å²) < 4.78 is 11.4. The van der Waals surface area contributed by atoms with Crippen LogP contribution in [-0.4, -0.2) is 53.5 Å². The molecule has 29 heavy (non-hydrogen) atoms. The van der Waals surface area contributed by atoms with Gasteiger partial charge in [-0.15, -0.1) is 0 Å². The maximum atomic E-state index is 12.6. The fraction of sp³-hybridized carbons (Fsp3) is 0.565. The van der Waals surface area contributed by atoms with Gasteiger partial charge in [0.25, 0.3) is 0 Å². The van der Waals surface area contributed by atoms with Gasteiger partial charge in [0.1, 0.15) is 11.5 Å². The minimum Gasteiger partial charge on any atom is -0.494 e. The lowest BCUT2D eigenvalue weighted by Gasteiger charge is -2.33. The van der Waals surface area contributed by atoms with Crippen LogP contribution in [0, 0.1) is 12.8 Å². The van der Waals surface area contributed by atoms with Crippen molar-refractivity contribution in [2.24, 2.45) is 5.92 Å². The second-order valence-corrected chi connectivity index (χ2v) is 7.54. The van der Waals surface area contributed by atoms with E-state index in [-0.39, 0.29) is 5.92 Å². The van der Waals surface area contributed by atoms with Crippen LogP contribution in [0.15, 0.2) is 28.7 Å². The van der Waals surface area contributed by atoms with E-state index in [1.54, 1.807) is 0 Å². The second kappa shape index (κ2) is 9.92. The molecular weight excluding hydrogens is 366 g/mol. The third-order valence-electron chi connectivity index (χ3n) is 5.69. The minimum atomic E-state index is 0.156. The largest absolute Gasteiger partial charge is 0.494 e. The van der Waals surface area contributed by atoms with Crippen LogP contribution < -0.4 is 4.74 Å². The SMILES string of the molecule is CCOc1ccc(-c2nc(CN3CCC(C(=O)N(CC)CC)CC3)c(C)o2)cc1. The molecule has 2 aromatic rings. The number of carbonyl (C=O) groups excluding carboxylic acids is 1. The number of aromatic nitrogens is 1. The van der Waals surface area contributed by atoms with Gasteiger partial charge in [-0.3, -0.25) is 9.69 Å². The lowest BCUT2D eigenvalue weighted by atomic mass is 9.95. The molecule has 1 aliphatic heterocycles. The molecule has 1 fully saturated rings. The van der Waals surface area contributed by atoms with Gasteiger partial charge in [-0.2, -0.15) is 0 Å². The van der Waals surface area contributed by atoms with Gasteiger partial charge in [0.15, 0.2) is 0 Å². The Labute approximate surface area is 173 Å². The Morgan fingerprint density at radius 2 is 1.83 bits per heavy atom. The monoisotopic (exact) mass is 399 g/mol. The minimum absolute atomic E-state index is 0.156. The fourth-order valence-electron chi connectivity index (χ4n) is 3.90. The Bertz CT molecular complexity index is 788. The van der Waals surface area contributed by atoms with Gasteiger partial charge in [-0.25, -0.2) is 4.98 Å². The van der Waals surface area contributed by atoms with Gasteiger partial charge in [-0.1, -0.05) is 0 Å². The number of oxazole rings is 1. The number of nitrogens with zero attached hydrogens (tertiary/aromatic N) is 3. The van der Waals surface area contributed by atoms with Gasteiger partial charge in [0.2, 0.25) is 11.8 Å². The molecule has 3 rings (SSSR count). The molecule has 1 amide bonds. The molecule has 0 radical (unpaired) electrons. The molecule has 0 bridgehead atoms. The number of hydrogen-bond acceptors (Lipinski definition) is 5. The van der Waals surface area contributed by atoms with Crippen LogP contribution in [-0.2, 0) is 11.3 Å². The standard InChI is InChI=1S/C23H33N3O3/c1-5-26(6-2)23(27)19-12-14-25(15-13-19)16-21-17(4)29-22(24-21)18-8-10-20(11-9-18)28-7-3/h8-11,19H,5-7,12-16H2,1-4H3. The third kappa shape index (κ3) is 5.18.